The third-order valence-corrected chi connectivity index (χ3v) is 7.15. The number of anilines is 1. The Kier molecular flexibility index (Phi) is 5.90. The van der Waals surface area contributed by atoms with Crippen molar-refractivity contribution in [2.24, 2.45) is 5.41 Å². The number of halogens is 3. The van der Waals surface area contributed by atoms with Crippen LogP contribution in [0.2, 0.25) is 10.0 Å². The first-order valence-corrected chi connectivity index (χ1v) is 11.2. The Morgan fingerprint density at radius 1 is 1.33 bits per heavy atom. The Morgan fingerprint density at radius 2 is 2.06 bits per heavy atom. The topological polar surface area (TPSA) is 102 Å². The molecule has 2 aromatic carbocycles. The summed E-state index contributed by atoms with van der Waals surface area (Å²) in [5.74, 6) is -3.44. The highest BCUT2D eigenvalue weighted by Crippen LogP contribution is 2.55. The Hall–Kier alpha value is -2.66. The van der Waals surface area contributed by atoms with Crippen molar-refractivity contribution in [2.45, 2.75) is 50.1 Å². The predicted molar refractivity (Wildman–Crippen MR) is 123 cm³/mol. The van der Waals surface area contributed by atoms with Crippen molar-refractivity contribution in [1.29, 1.82) is 5.26 Å². The molecule has 4 rings (SSSR count). The number of carboxylic acids is 1. The smallest absolute Gasteiger partial charge is 0.321 e. The number of carbonyl (C=O) groups excluding carboxylic acids is 1. The van der Waals surface area contributed by atoms with Crippen molar-refractivity contribution in [2.75, 3.05) is 5.32 Å². The lowest BCUT2D eigenvalue weighted by Gasteiger charge is -2.38. The average Bonchev–Trinajstić information content (AvgIpc) is 3.26. The maximum atomic E-state index is 15.5. The second-order valence-corrected chi connectivity index (χ2v) is 10.2. The van der Waals surface area contributed by atoms with Gasteiger partial charge >= 0.3 is 5.97 Å². The monoisotopic (exact) mass is 489 g/mol. The van der Waals surface area contributed by atoms with Gasteiger partial charge in [0.2, 0.25) is 5.91 Å². The fraction of sp³-hybridized carbons (Fsp3) is 0.375. The van der Waals surface area contributed by atoms with Crippen molar-refractivity contribution in [3.63, 3.8) is 0 Å². The van der Waals surface area contributed by atoms with Gasteiger partial charge < -0.3 is 15.7 Å². The number of carbonyl (C=O) groups is 2. The number of nitrogens with one attached hydrogen (secondary N) is 2. The molecule has 4 atom stereocenters. The number of carboxylic acid groups (broad SMARTS) is 1. The lowest BCUT2D eigenvalue weighted by atomic mass is 9.62. The van der Waals surface area contributed by atoms with Crippen molar-refractivity contribution in [3.8, 4) is 6.07 Å². The lowest BCUT2D eigenvalue weighted by molar-refractivity contribution is -0.141. The van der Waals surface area contributed by atoms with Gasteiger partial charge in [0.05, 0.1) is 22.4 Å². The zero-order valence-electron chi connectivity index (χ0n) is 18.0. The molecule has 1 amide bonds. The maximum Gasteiger partial charge on any atom is 0.321 e. The van der Waals surface area contributed by atoms with Gasteiger partial charge in [-0.25, -0.2) is 4.39 Å². The van der Waals surface area contributed by atoms with Crippen LogP contribution in [0.25, 0.3) is 0 Å². The van der Waals surface area contributed by atoms with E-state index in [-0.39, 0.29) is 17.0 Å². The molecule has 2 aliphatic rings. The zero-order chi connectivity index (χ0) is 24.1. The van der Waals surface area contributed by atoms with Crippen LogP contribution in [0, 0.1) is 22.6 Å². The first kappa shape index (κ1) is 23.5. The molecule has 2 heterocycles. The molecule has 0 aliphatic carbocycles. The molecule has 2 aliphatic heterocycles. The zero-order valence-corrected chi connectivity index (χ0v) is 19.5. The summed E-state index contributed by atoms with van der Waals surface area (Å²) in [4.78, 5) is 25.9. The number of hydrogen-bond donors (Lipinski definition) is 3. The van der Waals surface area contributed by atoms with Crippen LogP contribution in [0.1, 0.15) is 43.7 Å². The number of nitriles is 1. The number of aliphatic carboxylic acids is 1. The van der Waals surface area contributed by atoms with E-state index in [0.717, 1.165) is 0 Å². The van der Waals surface area contributed by atoms with Gasteiger partial charge in [0.25, 0.3) is 0 Å². The molecule has 0 aromatic heterocycles. The Bertz CT molecular complexity index is 1200. The van der Waals surface area contributed by atoms with Crippen LogP contribution < -0.4 is 10.6 Å². The second-order valence-electron chi connectivity index (χ2n) is 9.33. The van der Waals surface area contributed by atoms with E-state index in [1.807, 2.05) is 0 Å². The number of benzene rings is 2. The summed E-state index contributed by atoms with van der Waals surface area (Å²) >= 11 is 12.2. The molecule has 9 heteroatoms. The molecule has 2 aromatic rings. The minimum atomic E-state index is -1.50. The van der Waals surface area contributed by atoms with Gasteiger partial charge in [-0.2, -0.15) is 5.26 Å². The minimum Gasteiger partial charge on any atom is -0.480 e. The molecule has 0 bridgehead atoms. The van der Waals surface area contributed by atoms with Crippen LogP contribution in [0.3, 0.4) is 0 Å². The van der Waals surface area contributed by atoms with E-state index < -0.39 is 46.5 Å². The van der Waals surface area contributed by atoms with Crippen LogP contribution in [-0.4, -0.2) is 29.1 Å². The highest BCUT2D eigenvalue weighted by Gasteiger charge is 2.61. The van der Waals surface area contributed by atoms with Crippen LogP contribution in [0.5, 0.6) is 0 Å². The van der Waals surface area contributed by atoms with Crippen LogP contribution in [0.15, 0.2) is 36.4 Å². The molecule has 0 spiro atoms. The van der Waals surface area contributed by atoms with Crippen molar-refractivity contribution < 1.29 is 19.1 Å². The largest absolute Gasteiger partial charge is 0.480 e. The quantitative estimate of drug-likeness (QED) is 0.556. The van der Waals surface area contributed by atoms with Gasteiger partial charge in [-0.1, -0.05) is 41.4 Å². The Labute approximate surface area is 200 Å². The highest BCUT2D eigenvalue weighted by atomic mass is 35.5. The van der Waals surface area contributed by atoms with Crippen LogP contribution in [-0.2, 0) is 15.0 Å². The molecule has 1 unspecified atom stereocenters. The Balaban J connectivity index is 1.97. The summed E-state index contributed by atoms with van der Waals surface area (Å²) in [5, 5.41) is 25.9. The molecule has 1 fully saturated rings. The second kappa shape index (κ2) is 8.28. The first-order chi connectivity index (χ1) is 15.5. The van der Waals surface area contributed by atoms with E-state index in [1.54, 1.807) is 38.1 Å². The normalized spacial score (nSPS) is 26.5. The molecular formula is C24H22Cl2FN3O3. The Morgan fingerprint density at radius 3 is 2.73 bits per heavy atom. The average molecular weight is 490 g/mol. The summed E-state index contributed by atoms with van der Waals surface area (Å²) in [6.45, 7) is 3.51. The third kappa shape index (κ3) is 3.86. The number of rotatable bonds is 5. The fourth-order valence-electron chi connectivity index (χ4n) is 5.37. The van der Waals surface area contributed by atoms with Crippen molar-refractivity contribution >= 4 is 40.8 Å². The first-order valence-electron chi connectivity index (χ1n) is 10.4. The van der Waals surface area contributed by atoms with Gasteiger partial charge in [0, 0.05) is 22.2 Å². The molecule has 0 saturated carbocycles. The number of amides is 1. The minimum absolute atomic E-state index is 0.0510. The number of hydrogen-bond acceptors (Lipinski definition) is 4. The maximum absolute atomic E-state index is 15.5. The summed E-state index contributed by atoms with van der Waals surface area (Å²) in [5.41, 5.74) is -1.20. The predicted octanol–water partition coefficient (Wildman–Crippen LogP) is 4.86. The van der Waals surface area contributed by atoms with E-state index in [2.05, 4.69) is 16.7 Å². The van der Waals surface area contributed by atoms with Crippen LogP contribution in [0.4, 0.5) is 10.1 Å². The standard InChI is InChI=1S/C24H22Cl2FN3O3/c1-23(2,11-28)9-13-10-24(20(29-13)22(32)33,15-4-3-5-16(26)19(15)27)18-14-7-6-12(25)8-17(14)30-21(18)31/h3-8,13,18,20,29H,9-10H2,1-2H3,(H,30,31)(H,32,33)/t13-,18?,20-,24-/m0/s1. The van der Waals surface area contributed by atoms with Crippen molar-refractivity contribution in [3.05, 3.63) is 63.4 Å². The van der Waals surface area contributed by atoms with E-state index in [9.17, 15) is 20.0 Å². The highest BCUT2D eigenvalue weighted by molar-refractivity contribution is 6.31. The van der Waals surface area contributed by atoms with Crippen molar-refractivity contribution in [1.82, 2.24) is 5.32 Å². The van der Waals surface area contributed by atoms with Gasteiger partial charge in [-0.15, -0.1) is 0 Å². The molecule has 0 radical (unpaired) electrons. The molecule has 3 N–H and O–H groups in total. The summed E-state index contributed by atoms with van der Waals surface area (Å²) < 4.78 is 15.5. The van der Waals surface area contributed by atoms with E-state index in [4.69, 9.17) is 23.2 Å². The molecular weight excluding hydrogens is 468 g/mol. The number of fused-ring (bicyclic) bond motifs is 1. The van der Waals surface area contributed by atoms with Gasteiger partial charge in [0.1, 0.15) is 11.9 Å². The molecule has 33 heavy (non-hydrogen) atoms. The van der Waals surface area contributed by atoms with Gasteiger partial charge in [-0.05, 0) is 56.0 Å². The summed E-state index contributed by atoms with van der Waals surface area (Å²) in [6.07, 6.45) is 0.436. The summed E-state index contributed by atoms with van der Waals surface area (Å²) in [6, 6.07) is 9.74. The SMILES string of the molecule is CC(C)(C#N)C[C@H]1C[C@](c2cccc(Cl)c2F)(C2C(=O)Nc3cc(Cl)ccc32)[C@H](C(=O)O)N1. The van der Waals surface area contributed by atoms with Gasteiger partial charge in [0.15, 0.2) is 0 Å². The fourth-order valence-corrected chi connectivity index (χ4v) is 5.71. The number of nitrogens with zero attached hydrogens (tertiary/aromatic N) is 1. The lowest BCUT2D eigenvalue weighted by Crippen LogP contribution is -2.52. The van der Waals surface area contributed by atoms with E-state index >= 15 is 4.39 Å². The molecule has 172 valence electrons. The summed E-state index contributed by atoms with van der Waals surface area (Å²) in [7, 11) is 0. The third-order valence-electron chi connectivity index (χ3n) is 6.62. The molecule has 1 saturated heterocycles. The molecule has 6 nitrogen and oxygen atoms in total. The van der Waals surface area contributed by atoms with Gasteiger partial charge in [-0.3, -0.25) is 9.59 Å². The van der Waals surface area contributed by atoms with E-state index in [1.165, 1.54) is 12.1 Å². The van der Waals surface area contributed by atoms with Crippen LogP contribution >= 0.6 is 23.2 Å². The van der Waals surface area contributed by atoms with E-state index in [0.29, 0.717) is 22.7 Å².